The summed E-state index contributed by atoms with van der Waals surface area (Å²) in [6, 6.07) is -0.155. The Morgan fingerprint density at radius 1 is 1.50 bits per heavy atom. The number of rotatable bonds is 3. The van der Waals surface area contributed by atoms with Gasteiger partial charge in [-0.3, -0.25) is 9.48 Å². The lowest BCUT2D eigenvalue weighted by Crippen LogP contribution is -2.41. The molecule has 1 aliphatic rings. The molecule has 1 atom stereocenters. The molecule has 1 unspecified atom stereocenters. The first-order chi connectivity index (χ1) is 9.61. The number of fused-ring (bicyclic) bond motifs is 1. The third kappa shape index (κ3) is 1.90. The second-order valence-electron chi connectivity index (χ2n) is 4.98. The lowest BCUT2D eigenvalue weighted by Gasteiger charge is -2.27. The zero-order valence-electron chi connectivity index (χ0n) is 11.9. The maximum Gasteiger partial charge on any atom is 0.242 e. The van der Waals surface area contributed by atoms with Gasteiger partial charge in [-0.2, -0.15) is 5.10 Å². The summed E-state index contributed by atoms with van der Waals surface area (Å²) in [6.45, 7) is 5.34. The van der Waals surface area contributed by atoms with Gasteiger partial charge in [0.05, 0.1) is 11.6 Å². The third-order valence-electron chi connectivity index (χ3n) is 3.69. The van der Waals surface area contributed by atoms with E-state index in [1.54, 1.807) is 10.9 Å². The van der Waals surface area contributed by atoms with Crippen LogP contribution in [0, 0.1) is 6.92 Å². The Bertz CT molecular complexity index is 664. The van der Waals surface area contributed by atoms with Crippen molar-refractivity contribution in [2.24, 2.45) is 7.05 Å². The van der Waals surface area contributed by atoms with Gasteiger partial charge in [0.1, 0.15) is 17.7 Å². The molecule has 2 aromatic rings. The van der Waals surface area contributed by atoms with E-state index >= 15 is 0 Å². The summed E-state index contributed by atoms with van der Waals surface area (Å²) in [5.74, 6) is 1.55. The average molecular weight is 274 g/mol. The van der Waals surface area contributed by atoms with Crippen LogP contribution in [0.1, 0.15) is 19.2 Å². The maximum absolute atomic E-state index is 12.0. The van der Waals surface area contributed by atoms with E-state index in [9.17, 15) is 4.79 Å². The Labute approximate surface area is 117 Å². The molecule has 0 bridgehead atoms. The molecule has 0 aromatic carbocycles. The van der Waals surface area contributed by atoms with E-state index in [1.165, 1.54) is 0 Å². The van der Waals surface area contributed by atoms with Gasteiger partial charge in [0, 0.05) is 20.1 Å². The molecule has 0 saturated carbocycles. The minimum absolute atomic E-state index is 0.0696. The van der Waals surface area contributed by atoms with Crippen molar-refractivity contribution in [3.63, 3.8) is 0 Å². The Balaban J connectivity index is 2.13. The molecule has 3 rings (SSSR count). The number of hydrogen-bond donors (Lipinski definition) is 1. The third-order valence-corrected chi connectivity index (χ3v) is 3.69. The van der Waals surface area contributed by atoms with Gasteiger partial charge in [0.2, 0.25) is 5.91 Å². The zero-order chi connectivity index (χ0) is 14.3. The van der Waals surface area contributed by atoms with Crippen LogP contribution in [0.4, 0.5) is 5.82 Å². The molecule has 2 aromatic heterocycles. The smallest absolute Gasteiger partial charge is 0.242 e. The van der Waals surface area contributed by atoms with Crippen molar-refractivity contribution in [1.29, 1.82) is 0 Å². The Morgan fingerprint density at radius 3 is 2.95 bits per heavy atom. The van der Waals surface area contributed by atoms with Crippen molar-refractivity contribution >= 4 is 22.8 Å². The molecule has 1 N–H and O–H groups in total. The van der Waals surface area contributed by atoms with Gasteiger partial charge in [0.25, 0.3) is 0 Å². The van der Waals surface area contributed by atoms with E-state index in [1.807, 2.05) is 25.8 Å². The number of carbonyl (C=O) groups is 1. The molecule has 20 heavy (non-hydrogen) atoms. The Hall–Kier alpha value is -2.18. The summed E-state index contributed by atoms with van der Waals surface area (Å²) in [7, 11) is 1.86. The number of nitrogens with zero attached hydrogens (tertiary/aromatic N) is 5. The zero-order valence-corrected chi connectivity index (χ0v) is 11.9. The minimum Gasteiger partial charge on any atom is -0.354 e. The van der Waals surface area contributed by atoms with Crippen molar-refractivity contribution in [3.05, 3.63) is 12.0 Å². The number of nitrogens with one attached hydrogen (secondary N) is 1. The monoisotopic (exact) mass is 274 g/mol. The van der Waals surface area contributed by atoms with Gasteiger partial charge in [-0.05, 0) is 20.3 Å². The first kappa shape index (κ1) is 12.8. The van der Waals surface area contributed by atoms with E-state index in [0.29, 0.717) is 5.82 Å². The van der Waals surface area contributed by atoms with Crippen molar-refractivity contribution in [3.8, 4) is 0 Å². The Morgan fingerprint density at radius 2 is 2.30 bits per heavy atom. The summed E-state index contributed by atoms with van der Waals surface area (Å²) in [4.78, 5) is 23.0. The largest absolute Gasteiger partial charge is 0.354 e. The predicted octanol–water partition coefficient (Wildman–Crippen LogP) is 0.387. The summed E-state index contributed by atoms with van der Waals surface area (Å²) < 4.78 is 1.73. The predicted molar refractivity (Wildman–Crippen MR) is 75.5 cm³/mol. The van der Waals surface area contributed by atoms with Crippen molar-refractivity contribution in [2.45, 2.75) is 26.3 Å². The number of amides is 1. The summed E-state index contributed by atoms with van der Waals surface area (Å²) in [5.41, 5.74) is 0.796. The van der Waals surface area contributed by atoms with Gasteiger partial charge in [-0.25, -0.2) is 9.97 Å². The highest BCUT2D eigenvalue weighted by molar-refractivity contribution is 5.92. The normalized spacial score (nSPS) is 18.6. The molecule has 1 amide bonds. The van der Waals surface area contributed by atoms with Crippen molar-refractivity contribution < 1.29 is 4.79 Å². The lowest BCUT2D eigenvalue weighted by molar-refractivity contribution is -0.120. The minimum atomic E-state index is -0.155. The number of aromatic nitrogens is 4. The molecular weight excluding hydrogens is 256 g/mol. The summed E-state index contributed by atoms with van der Waals surface area (Å²) in [6.07, 6.45) is 2.57. The SMILES string of the molecule is CCN(c1nc(C)nc2c1cnn2C)C1CCNC1=O. The second-order valence-corrected chi connectivity index (χ2v) is 4.98. The van der Waals surface area contributed by atoms with E-state index in [-0.39, 0.29) is 11.9 Å². The molecule has 1 fully saturated rings. The van der Waals surface area contributed by atoms with Gasteiger partial charge in [-0.15, -0.1) is 0 Å². The molecular formula is C13H18N6O. The van der Waals surface area contributed by atoms with E-state index in [2.05, 4.69) is 20.4 Å². The van der Waals surface area contributed by atoms with Crippen molar-refractivity contribution in [1.82, 2.24) is 25.1 Å². The van der Waals surface area contributed by atoms with E-state index in [4.69, 9.17) is 0 Å². The molecule has 1 aliphatic heterocycles. The van der Waals surface area contributed by atoms with Crippen LogP contribution in [-0.4, -0.2) is 44.8 Å². The Kier molecular flexibility index (Phi) is 3.04. The quantitative estimate of drug-likeness (QED) is 0.876. The van der Waals surface area contributed by atoms with Crippen LogP contribution in [0.2, 0.25) is 0 Å². The van der Waals surface area contributed by atoms with Gasteiger partial charge in [0.15, 0.2) is 5.65 Å². The highest BCUT2D eigenvalue weighted by Crippen LogP contribution is 2.26. The van der Waals surface area contributed by atoms with Crippen molar-refractivity contribution in [2.75, 3.05) is 18.0 Å². The molecule has 1 saturated heterocycles. The lowest BCUT2D eigenvalue weighted by atomic mass is 10.2. The molecule has 7 nitrogen and oxygen atoms in total. The number of carbonyl (C=O) groups excluding carboxylic acids is 1. The van der Waals surface area contributed by atoms with Gasteiger partial charge in [-0.1, -0.05) is 0 Å². The fraction of sp³-hybridized carbons (Fsp3) is 0.538. The number of hydrogen-bond acceptors (Lipinski definition) is 5. The number of aryl methyl sites for hydroxylation is 2. The first-order valence-corrected chi connectivity index (χ1v) is 6.82. The van der Waals surface area contributed by atoms with Crippen LogP contribution >= 0.6 is 0 Å². The standard InChI is InChI=1S/C13H18N6O/c1-4-19(10-5-6-14-13(10)20)12-9-7-15-18(3)11(9)16-8(2)17-12/h7,10H,4-6H2,1-3H3,(H,14,20). The molecule has 3 heterocycles. The molecule has 106 valence electrons. The highest BCUT2D eigenvalue weighted by Gasteiger charge is 2.31. The molecule has 0 aliphatic carbocycles. The van der Waals surface area contributed by atoms with Gasteiger partial charge < -0.3 is 10.2 Å². The fourth-order valence-electron chi connectivity index (χ4n) is 2.73. The maximum atomic E-state index is 12.0. The summed E-state index contributed by atoms with van der Waals surface area (Å²) >= 11 is 0. The van der Waals surface area contributed by atoms with Crippen LogP contribution in [0.3, 0.4) is 0 Å². The second kappa shape index (κ2) is 4.73. The first-order valence-electron chi connectivity index (χ1n) is 6.82. The molecule has 0 radical (unpaired) electrons. The van der Waals surface area contributed by atoms with Crippen LogP contribution in [-0.2, 0) is 11.8 Å². The van der Waals surface area contributed by atoms with Crippen LogP contribution in [0.15, 0.2) is 6.20 Å². The van der Waals surface area contributed by atoms with Crippen LogP contribution in [0.5, 0.6) is 0 Å². The van der Waals surface area contributed by atoms with E-state index < -0.39 is 0 Å². The number of likely N-dealkylation sites (N-methyl/N-ethyl adjacent to an activating group) is 1. The molecule has 7 heteroatoms. The van der Waals surface area contributed by atoms with E-state index in [0.717, 1.165) is 36.4 Å². The number of anilines is 1. The topological polar surface area (TPSA) is 75.9 Å². The summed E-state index contributed by atoms with van der Waals surface area (Å²) in [5, 5.41) is 8.01. The van der Waals surface area contributed by atoms with Gasteiger partial charge >= 0.3 is 0 Å². The fourth-order valence-corrected chi connectivity index (χ4v) is 2.73. The average Bonchev–Trinajstić information content (AvgIpc) is 2.99. The van der Waals surface area contributed by atoms with Crippen LogP contribution < -0.4 is 10.2 Å². The van der Waals surface area contributed by atoms with Crippen LogP contribution in [0.25, 0.3) is 11.0 Å². The highest BCUT2D eigenvalue weighted by atomic mass is 16.2. The molecule has 0 spiro atoms.